The normalized spacial score (nSPS) is 13.0. The van der Waals surface area contributed by atoms with E-state index in [-0.39, 0.29) is 12.2 Å². The number of likely N-dealkylation sites (N-methyl/N-ethyl adjacent to an activating group) is 1. The van der Waals surface area contributed by atoms with Crippen LogP contribution in [-0.4, -0.2) is 41.0 Å². The third-order valence-electron chi connectivity index (χ3n) is 3.51. The van der Waals surface area contributed by atoms with E-state index < -0.39 is 22.3 Å². The van der Waals surface area contributed by atoms with E-state index in [1.165, 1.54) is 30.0 Å². The fourth-order valence-electron chi connectivity index (χ4n) is 2.31. The molecule has 0 saturated heterocycles. The highest BCUT2D eigenvalue weighted by atomic mass is 16.6. The monoisotopic (exact) mass is 323 g/mol. The van der Waals surface area contributed by atoms with Crippen molar-refractivity contribution in [3.8, 4) is 0 Å². The molecule has 0 fully saturated rings. The fourth-order valence-corrected chi connectivity index (χ4v) is 2.31. The molecular formula is C15H21N3O5. The molecule has 126 valence electrons. The number of benzene rings is 1. The number of nitro benzene ring substituents is 1. The van der Waals surface area contributed by atoms with Gasteiger partial charge in [-0.15, -0.1) is 0 Å². The number of carbonyl (C=O) groups excluding carboxylic acids is 1. The molecule has 0 aliphatic carbocycles. The minimum atomic E-state index is -1.35. The molecule has 2 N–H and O–H groups in total. The van der Waals surface area contributed by atoms with Gasteiger partial charge in [0, 0.05) is 13.1 Å². The van der Waals surface area contributed by atoms with E-state index >= 15 is 0 Å². The van der Waals surface area contributed by atoms with Crippen molar-refractivity contribution in [1.82, 2.24) is 5.32 Å². The zero-order valence-electron chi connectivity index (χ0n) is 13.4. The number of para-hydroxylation sites is 2. The van der Waals surface area contributed by atoms with Gasteiger partial charge in [0.15, 0.2) is 0 Å². The van der Waals surface area contributed by atoms with Crippen molar-refractivity contribution >= 4 is 23.3 Å². The van der Waals surface area contributed by atoms with E-state index in [1.54, 1.807) is 13.1 Å². The van der Waals surface area contributed by atoms with Crippen LogP contribution in [-0.2, 0) is 9.59 Å². The predicted molar refractivity (Wildman–Crippen MR) is 85.5 cm³/mol. The lowest BCUT2D eigenvalue weighted by Crippen LogP contribution is -2.54. The van der Waals surface area contributed by atoms with Gasteiger partial charge in [-0.2, -0.15) is 0 Å². The van der Waals surface area contributed by atoms with Crippen molar-refractivity contribution in [2.75, 3.05) is 18.5 Å². The highest BCUT2D eigenvalue weighted by molar-refractivity contribution is 5.89. The summed E-state index contributed by atoms with van der Waals surface area (Å²) in [6.07, 6.45) is 0.895. The second kappa shape index (κ2) is 7.57. The number of nitrogens with one attached hydrogen (secondary N) is 1. The molecule has 8 nitrogen and oxygen atoms in total. The molecule has 8 heteroatoms. The summed E-state index contributed by atoms with van der Waals surface area (Å²) in [4.78, 5) is 35.4. The lowest BCUT2D eigenvalue weighted by molar-refractivity contribution is -0.384. The zero-order chi connectivity index (χ0) is 17.6. The number of nitrogens with zero attached hydrogens (tertiary/aromatic N) is 2. The minimum Gasteiger partial charge on any atom is -0.480 e. The predicted octanol–water partition coefficient (Wildman–Crippen LogP) is 1.79. The second-order valence-electron chi connectivity index (χ2n) is 5.54. The van der Waals surface area contributed by atoms with Gasteiger partial charge < -0.3 is 15.3 Å². The fraction of sp³-hybridized carbons (Fsp3) is 0.467. The number of hydrogen-bond acceptors (Lipinski definition) is 5. The molecule has 1 atom stereocenters. The van der Waals surface area contributed by atoms with E-state index in [2.05, 4.69) is 5.32 Å². The van der Waals surface area contributed by atoms with Crippen LogP contribution in [0.25, 0.3) is 0 Å². The molecule has 0 aromatic heterocycles. The number of nitro groups is 1. The van der Waals surface area contributed by atoms with Gasteiger partial charge in [-0.1, -0.05) is 25.5 Å². The molecular weight excluding hydrogens is 302 g/mol. The van der Waals surface area contributed by atoms with Crippen LogP contribution in [0.4, 0.5) is 11.4 Å². The van der Waals surface area contributed by atoms with Crippen molar-refractivity contribution in [2.45, 2.75) is 32.2 Å². The van der Waals surface area contributed by atoms with E-state index in [0.717, 1.165) is 0 Å². The van der Waals surface area contributed by atoms with E-state index in [0.29, 0.717) is 18.5 Å². The van der Waals surface area contributed by atoms with Crippen LogP contribution in [0, 0.1) is 10.1 Å². The Morgan fingerprint density at radius 2 is 2.00 bits per heavy atom. The molecule has 0 aliphatic rings. The maximum atomic E-state index is 12.1. The second-order valence-corrected chi connectivity index (χ2v) is 5.54. The molecule has 0 radical (unpaired) electrons. The quantitative estimate of drug-likeness (QED) is 0.557. The van der Waals surface area contributed by atoms with Gasteiger partial charge in [-0.05, 0) is 19.4 Å². The molecule has 0 spiro atoms. The Morgan fingerprint density at radius 1 is 1.39 bits per heavy atom. The molecule has 1 aromatic rings. The number of hydrogen-bond donors (Lipinski definition) is 2. The maximum Gasteiger partial charge on any atom is 0.329 e. The lowest BCUT2D eigenvalue weighted by Gasteiger charge is -2.27. The smallest absolute Gasteiger partial charge is 0.329 e. The largest absolute Gasteiger partial charge is 0.480 e. The first-order valence-electron chi connectivity index (χ1n) is 7.20. The summed E-state index contributed by atoms with van der Waals surface area (Å²) in [5, 5.41) is 22.8. The molecule has 0 heterocycles. The molecule has 23 heavy (non-hydrogen) atoms. The molecule has 1 aromatic carbocycles. The van der Waals surface area contributed by atoms with Crippen LogP contribution in [0.15, 0.2) is 24.3 Å². The van der Waals surface area contributed by atoms with Gasteiger partial charge in [0.2, 0.25) is 5.91 Å². The number of carboxylic acid groups (broad SMARTS) is 1. The van der Waals surface area contributed by atoms with Crippen LogP contribution >= 0.6 is 0 Å². The molecule has 0 bridgehead atoms. The summed E-state index contributed by atoms with van der Waals surface area (Å²) in [5.74, 6) is -1.62. The number of amides is 1. The summed E-state index contributed by atoms with van der Waals surface area (Å²) in [6.45, 7) is 3.09. The SMILES string of the molecule is CCCC(C)(NC(=O)CN(C)c1ccccc1[N+](=O)[O-])C(=O)O. The van der Waals surface area contributed by atoms with Gasteiger partial charge in [-0.3, -0.25) is 14.9 Å². The third kappa shape index (κ3) is 4.67. The summed E-state index contributed by atoms with van der Waals surface area (Å²) >= 11 is 0. The number of anilines is 1. The van der Waals surface area contributed by atoms with Gasteiger partial charge in [0.05, 0.1) is 11.5 Å². The topological polar surface area (TPSA) is 113 Å². The van der Waals surface area contributed by atoms with Crippen molar-refractivity contribution in [1.29, 1.82) is 0 Å². The number of aliphatic carboxylic acids is 1. The minimum absolute atomic E-state index is 0.114. The number of carboxylic acids is 1. The maximum absolute atomic E-state index is 12.1. The molecule has 0 aliphatic heterocycles. The Kier molecular flexibility index (Phi) is 6.06. The van der Waals surface area contributed by atoms with Crippen LogP contribution < -0.4 is 10.2 Å². The summed E-state index contributed by atoms with van der Waals surface area (Å²) in [7, 11) is 1.54. The van der Waals surface area contributed by atoms with Crippen molar-refractivity contribution in [3.05, 3.63) is 34.4 Å². The van der Waals surface area contributed by atoms with E-state index in [4.69, 9.17) is 0 Å². The number of carbonyl (C=O) groups is 2. The van der Waals surface area contributed by atoms with Crippen LogP contribution in [0.2, 0.25) is 0 Å². The molecule has 0 saturated carbocycles. The van der Waals surface area contributed by atoms with Crippen LogP contribution in [0.3, 0.4) is 0 Å². The molecule has 1 amide bonds. The Labute approximate surface area is 134 Å². The van der Waals surface area contributed by atoms with E-state index in [9.17, 15) is 24.8 Å². The first-order valence-corrected chi connectivity index (χ1v) is 7.20. The average Bonchev–Trinajstić information content (AvgIpc) is 2.46. The van der Waals surface area contributed by atoms with Crippen LogP contribution in [0.1, 0.15) is 26.7 Å². The summed E-state index contributed by atoms with van der Waals surface area (Å²) < 4.78 is 0. The number of rotatable bonds is 8. The van der Waals surface area contributed by atoms with Gasteiger partial charge in [0.1, 0.15) is 11.2 Å². The zero-order valence-corrected chi connectivity index (χ0v) is 13.4. The highest BCUT2D eigenvalue weighted by Gasteiger charge is 2.34. The Balaban J connectivity index is 2.85. The first-order chi connectivity index (χ1) is 10.7. The average molecular weight is 323 g/mol. The van der Waals surface area contributed by atoms with Gasteiger partial charge in [-0.25, -0.2) is 4.79 Å². The van der Waals surface area contributed by atoms with Crippen molar-refractivity contribution < 1.29 is 19.6 Å². The standard InChI is InChI=1S/C15H21N3O5/c1-4-9-15(2,14(20)21)16-13(19)10-17(3)11-7-5-6-8-12(11)18(22)23/h5-8H,4,9-10H2,1-3H3,(H,16,19)(H,20,21). The van der Waals surface area contributed by atoms with Gasteiger partial charge >= 0.3 is 5.97 Å². The van der Waals surface area contributed by atoms with Crippen molar-refractivity contribution in [3.63, 3.8) is 0 Å². The first kappa shape index (κ1) is 18.4. The molecule has 1 rings (SSSR count). The lowest BCUT2D eigenvalue weighted by atomic mass is 9.96. The summed E-state index contributed by atoms with van der Waals surface area (Å²) in [5.41, 5.74) is -1.17. The summed E-state index contributed by atoms with van der Waals surface area (Å²) in [6, 6.07) is 6.06. The Hall–Kier alpha value is -2.64. The Bertz CT molecular complexity index is 605. The highest BCUT2D eigenvalue weighted by Crippen LogP contribution is 2.26. The molecule has 1 unspecified atom stereocenters. The van der Waals surface area contributed by atoms with Crippen molar-refractivity contribution in [2.24, 2.45) is 0 Å². The van der Waals surface area contributed by atoms with Crippen LogP contribution in [0.5, 0.6) is 0 Å². The van der Waals surface area contributed by atoms with Gasteiger partial charge in [0.25, 0.3) is 5.69 Å². The van der Waals surface area contributed by atoms with E-state index in [1.807, 2.05) is 6.92 Å². The Morgan fingerprint density at radius 3 is 2.52 bits per heavy atom. The third-order valence-corrected chi connectivity index (χ3v) is 3.51.